The van der Waals surface area contributed by atoms with Crippen molar-refractivity contribution in [3.05, 3.63) is 12.7 Å². The van der Waals surface area contributed by atoms with Crippen LogP contribution in [0.1, 0.15) is 19.3 Å². The Kier molecular flexibility index (Phi) is 5.12. The van der Waals surface area contributed by atoms with Crippen LogP contribution in [0.2, 0.25) is 0 Å². The van der Waals surface area contributed by atoms with E-state index in [1.807, 2.05) is 0 Å². The van der Waals surface area contributed by atoms with Crippen LogP contribution in [-0.4, -0.2) is 43.9 Å². The number of esters is 1. The summed E-state index contributed by atoms with van der Waals surface area (Å²) in [6, 6.07) is -1.25. The number of rotatable bonds is 6. The molecule has 150 valence electrons. The Bertz CT molecular complexity index is 691. The monoisotopic (exact) mass is 413 g/mol. The van der Waals surface area contributed by atoms with Crippen molar-refractivity contribution in [1.82, 2.24) is 4.72 Å². The van der Waals surface area contributed by atoms with E-state index in [0.717, 1.165) is 6.08 Å². The predicted octanol–water partition coefficient (Wildman–Crippen LogP) is 2.59. The van der Waals surface area contributed by atoms with Gasteiger partial charge in [0.25, 0.3) is 10.0 Å². The summed E-state index contributed by atoms with van der Waals surface area (Å²) < 4.78 is 119. The van der Waals surface area contributed by atoms with Crippen molar-refractivity contribution in [3.63, 3.8) is 0 Å². The lowest BCUT2D eigenvalue weighted by Crippen LogP contribution is -2.60. The van der Waals surface area contributed by atoms with Crippen molar-refractivity contribution < 1.29 is 48.7 Å². The van der Waals surface area contributed by atoms with E-state index in [9.17, 15) is 43.9 Å². The van der Waals surface area contributed by atoms with Gasteiger partial charge in [-0.2, -0.15) is 30.7 Å². The van der Waals surface area contributed by atoms with Gasteiger partial charge in [0.2, 0.25) is 0 Å². The van der Waals surface area contributed by atoms with Crippen molar-refractivity contribution in [2.75, 3.05) is 0 Å². The van der Waals surface area contributed by atoms with E-state index in [2.05, 4.69) is 6.58 Å². The zero-order valence-electron chi connectivity index (χ0n) is 12.9. The van der Waals surface area contributed by atoms with Crippen LogP contribution in [0.3, 0.4) is 0 Å². The molecule has 26 heavy (non-hydrogen) atoms. The number of sulfonamides is 1. The first-order valence-corrected chi connectivity index (χ1v) is 8.79. The molecule has 0 aromatic rings. The van der Waals surface area contributed by atoms with E-state index in [0.29, 0.717) is 0 Å². The molecule has 0 amide bonds. The van der Waals surface area contributed by atoms with Crippen LogP contribution in [0.15, 0.2) is 12.7 Å². The second kappa shape index (κ2) is 6.36. The van der Waals surface area contributed by atoms with E-state index < -0.39 is 57.3 Å². The number of ether oxygens (including phenoxy) is 1. The van der Waals surface area contributed by atoms with Crippen molar-refractivity contribution in [1.29, 1.82) is 0 Å². The van der Waals surface area contributed by atoms with E-state index in [1.165, 1.54) is 4.72 Å². The molecule has 4 atom stereocenters. The Labute approximate surface area is 143 Å². The van der Waals surface area contributed by atoms with Crippen LogP contribution in [0.4, 0.5) is 30.7 Å². The molecular formula is C13H14F7NO4S. The number of hydrogen-bond acceptors (Lipinski definition) is 4. The van der Waals surface area contributed by atoms with Gasteiger partial charge in [0.05, 0.1) is 0 Å². The summed E-state index contributed by atoms with van der Waals surface area (Å²) in [5.74, 6) is -8.55. The van der Waals surface area contributed by atoms with Gasteiger partial charge in [-0.3, -0.25) is 0 Å². The van der Waals surface area contributed by atoms with Crippen molar-refractivity contribution in [2.24, 2.45) is 11.8 Å². The minimum Gasteiger partial charge on any atom is -0.459 e. The normalized spacial score (nSPS) is 29.7. The molecule has 2 aliphatic rings. The number of nitrogens with one attached hydrogen (secondary N) is 1. The first-order chi connectivity index (χ1) is 11.6. The number of fused-ring (bicyclic) bond motifs is 2. The molecule has 5 nitrogen and oxygen atoms in total. The molecule has 2 bridgehead atoms. The second-order valence-corrected chi connectivity index (χ2v) is 7.98. The molecule has 2 fully saturated rings. The van der Waals surface area contributed by atoms with Crippen LogP contribution in [0, 0.1) is 11.8 Å². The lowest BCUT2D eigenvalue weighted by Gasteiger charge is -2.32. The lowest BCUT2D eigenvalue weighted by molar-refractivity contribution is -0.332. The van der Waals surface area contributed by atoms with Crippen LogP contribution >= 0.6 is 0 Å². The number of carbonyl (C=O) groups excluding carboxylic acids is 1. The van der Waals surface area contributed by atoms with Gasteiger partial charge >= 0.3 is 23.3 Å². The second-order valence-electron chi connectivity index (χ2n) is 6.22. The minimum absolute atomic E-state index is 0.0681. The van der Waals surface area contributed by atoms with Gasteiger partial charge in [0, 0.05) is 12.1 Å². The van der Waals surface area contributed by atoms with Gasteiger partial charge in [0.15, 0.2) is 0 Å². The van der Waals surface area contributed by atoms with E-state index in [4.69, 9.17) is 4.74 Å². The molecule has 1 N–H and O–H groups in total. The highest BCUT2D eigenvalue weighted by Gasteiger charge is 2.79. The van der Waals surface area contributed by atoms with Crippen LogP contribution in [0.25, 0.3) is 0 Å². The van der Waals surface area contributed by atoms with Gasteiger partial charge in [-0.05, 0) is 31.1 Å². The summed E-state index contributed by atoms with van der Waals surface area (Å²) in [7, 11) is -6.33. The smallest absolute Gasteiger partial charge is 0.459 e. The third-order valence-electron chi connectivity index (χ3n) is 4.59. The lowest BCUT2D eigenvalue weighted by atomic mass is 9.94. The molecule has 0 heterocycles. The molecule has 2 saturated carbocycles. The number of halogens is 7. The first-order valence-electron chi connectivity index (χ1n) is 7.31. The molecule has 4 unspecified atom stereocenters. The summed E-state index contributed by atoms with van der Waals surface area (Å²) in [6.45, 7) is 3.19. The van der Waals surface area contributed by atoms with E-state index >= 15 is 0 Å². The maximum absolute atomic E-state index is 13.5. The number of hydrogen-bond donors (Lipinski definition) is 1. The third kappa shape index (κ3) is 3.30. The van der Waals surface area contributed by atoms with E-state index in [1.54, 1.807) is 0 Å². The molecule has 13 heteroatoms. The Morgan fingerprint density at radius 3 is 2.04 bits per heavy atom. The Morgan fingerprint density at radius 1 is 1.04 bits per heavy atom. The average Bonchev–Trinajstić information content (AvgIpc) is 3.04. The molecule has 0 aliphatic heterocycles. The molecule has 0 spiro atoms. The first kappa shape index (κ1) is 20.9. The largest absolute Gasteiger partial charge is 0.461 e. The quantitative estimate of drug-likeness (QED) is 0.413. The van der Waals surface area contributed by atoms with Gasteiger partial charge < -0.3 is 4.74 Å². The summed E-state index contributed by atoms with van der Waals surface area (Å²) in [4.78, 5) is 11.1. The van der Waals surface area contributed by atoms with Gasteiger partial charge in [0.1, 0.15) is 6.10 Å². The minimum atomic E-state index is -6.76. The summed E-state index contributed by atoms with van der Waals surface area (Å²) in [5.41, 5.74) is 0. The average molecular weight is 413 g/mol. The highest BCUT2D eigenvalue weighted by Crippen LogP contribution is 2.50. The Morgan fingerprint density at radius 2 is 1.62 bits per heavy atom. The summed E-state index contributed by atoms with van der Waals surface area (Å²) in [6.07, 6.45) is -6.28. The van der Waals surface area contributed by atoms with Crippen LogP contribution in [0.5, 0.6) is 0 Å². The van der Waals surface area contributed by atoms with Gasteiger partial charge in [-0.25, -0.2) is 17.9 Å². The van der Waals surface area contributed by atoms with Gasteiger partial charge in [-0.1, -0.05) is 6.58 Å². The zero-order valence-corrected chi connectivity index (χ0v) is 13.7. The van der Waals surface area contributed by atoms with Gasteiger partial charge in [-0.15, -0.1) is 0 Å². The SMILES string of the molecule is C=CC(=O)OC1CC2CC1CC2NS(=O)(=O)C(F)(F)C(F)(F)C(F)(F)F. The fourth-order valence-corrected chi connectivity index (χ4v) is 4.60. The third-order valence-corrected chi connectivity index (χ3v) is 6.14. The molecule has 0 radical (unpaired) electrons. The molecule has 0 saturated heterocycles. The van der Waals surface area contributed by atoms with Crippen molar-refractivity contribution in [3.8, 4) is 0 Å². The number of carbonyl (C=O) groups is 1. The summed E-state index contributed by atoms with van der Waals surface area (Å²) >= 11 is 0. The Hall–Kier alpha value is -1.37. The standard InChI is InChI=1S/C13H14F7NO4S/c1-2-10(22)25-9-5-6-3-7(9)4-8(6)21-26(23,24)13(19,20)11(14,15)12(16,17)18/h2,6-9,21H,1,3-5H2. The van der Waals surface area contributed by atoms with Crippen molar-refractivity contribution in [2.45, 2.75) is 48.8 Å². The fraction of sp³-hybridized carbons (Fsp3) is 0.769. The van der Waals surface area contributed by atoms with Crippen LogP contribution < -0.4 is 4.72 Å². The zero-order chi connectivity index (χ0) is 20.1. The summed E-state index contributed by atoms with van der Waals surface area (Å²) in [5, 5.41) is -6.38. The fourth-order valence-electron chi connectivity index (χ4n) is 3.32. The predicted molar refractivity (Wildman–Crippen MR) is 72.7 cm³/mol. The van der Waals surface area contributed by atoms with Crippen molar-refractivity contribution >= 4 is 16.0 Å². The maximum Gasteiger partial charge on any atom is 0.461 e. The topological polar surface area (TPSA) is 72.5 Å². The number of alkyl halides is 7. The highest BCUT2D eigenvalue weighted by molar-refractivity contribution is 7.90. The Balaban J connectivity index is 2.10. The molecule has 0 aromatic carbocycles. The highest BCUT2D eigenvalue weighted by atomic mass is 32.2. The molecule has 2 aliphatic carbocycles. The van der Waals surface area contributed by atoms with Crippen LogP contribution in [-0.2, 0) is 19.6 Å². The van der Waals surface area contributed by atoms with E-state index in [-0.39, 0.29) is 19.3 Å². The molecular weight excluding hydrogens is 399 g/mol. The molecule has 2 rings (SSSR count). The molecule has 0 aromatic heterocycles. The maximum atomic E-state index is 13.5.